The lowest BCUT2D eigenvalue weighted by molar-refractivity contribution is 0.598. The van der Waals surface area contributed by atoms with Gasteiger partial charge in [0.05, 0.1) is 11.4 Å². The maximum Gasteiger partial charge on any atom is 0.0659 e. The standard InChI is InChI=1S/C16H21N3/c1-3-17-12(2)13-6-8-15(9-7-13)19-11-10-16(18-19)14-4-5-14/h6-12,14,17H,3-5H2,1-2H3. The Bertz CT molecular complexity index is 537. The van der Waals surface area contributed by atoms with Gasteiger partial charge in [-0.15, -0.1) is 0 Å². The molecule has 3 rings (SSSR count). The molecule has 3 nitrogen and oxygen atoms in total. The molecule has 0 amide bonds. The van der Waals surface area contributed by atoms with Gasteiger partial charge in [0.2, 0.25) is 0 Å². The lowest BCUT2D eigenvalue weighted by Crippen LogP contribution is -2.17. The first-order valence-electron chi connectivity index (χ1n) is 7.17. The summed E-state index contributed by atoms with van der Waals surface area (Å²) in [5.74, 6) is 0.717. The molecule has 1 aliphatic rings. The van der Waals surface area contributed by atoms with Gasteiger partial charge in [0.1, 0.15) is 0 Å². The monoisotopic (exact) mass is 255 g/mol. The van der Waals surface area contributed by atoms with Crippen LogP contribution < -0.4 is 5.32 Å². The number of aromatic nitrogens is 2. The minimum absolute atomic E-state index is 0.402. The normalized spacial score (nSPS) is 16.5. The van der Waals surface area contributed by atoms with Crippen LogP contribution in [0.4, 0.5) is 0 Å². The Hall–Kier alpha value is -1.61. The average molecular weight is 255 g/mol. The molecular formula is C16H21N3. The Kier molecular flexibility index (Phi) is 3.38. The Labute approximate surface area is 114 Å². The van der Waals surface area contributed by atoms with Gasteiger partial charge in [-0.3, -0.25) is 0 Å². The van der Waals surface area contributed by atoms with Gasteiger partial charge in [-0.1, -0.05) is 19.1 Å². The summed E-state index contributed by atoms with van der Waals surface area (Å²) in [6, 6.07) is 11.2. The number of benzene rings is 1. The van der Waals surface area contributed by atoms with Crippen molar-refractivity contribution in [2.75, 3.05) is 6.54 Å². The highest BCUT2D eigenvalue weighted by Crippen LogP contribution is 2.39. The predicted molar refractivity (Wildman–Crippen MR) is 77.6 cm³/mol. The highest BCUT2D eigenvalue weighted by molar-refractivity contribution is 5.35. The first-order chi connectivity index (χ1) is 9.28. The van der Waals surface area contributed by atoms with Crippen LogP contribution in [0.2, 0.25) is 0 Å². The molecule has 0 spiro atoms. The molecule has 0 bridgehead atoms. The van der Waals surface area contributed by atoms with E-state index in [0.29, 0.717) is 12.0 Å². The molecule has 1 heterocycles. The van der Waals surface area contributed by atoms with Gasteiger partial charge in [0, 0.05) is 18.2 Å². The fourth-order valence-corrected chi connectivity index (χ4v) is 2.42. The van der Waals surface area contributed by atoms with Crippen LogP contribution in [0.25, 0.3) is 5.69 Å². The quantitative estimate of drug-likeness (QED) is 0.887. The molecule has 1 fully saturated rings. The first-order valence-corrected chi connectivity index (χ1v) is 7.17. The maximum atomic E-state index is 4.65. The maximum absolute atomic E-state index is 4.65. The van der Waals surface area contributed by atoms with E-state index in [-0.39, 0.29) is 0 Å². The van der Waals surface area contributed by atoms with Crippen LogP contribution in [0.3, 0.4) is 0 Å². The van der Waals surface area contributed by atoms with Crippen molar-refractivity contribution in [1.29, 1.82) is 0 Å². The average Bonchev–Trinajstić information content (AvgIpc) is 3.17. The van der Waals surface area contributed by atoms with Crippen LogP contribution in [0, 0.1) is 0 Å². The van der Waals surface area contributed by atoms with E-state index in [2.05, 4.69) is 60.8 Å². The molecule has 1 atom stereocenters. The summed E-state index contributed by atoms with van der Waals surface area (Å²) in [5, 5.41) is 8.08. The van der Waals surface area contributed by atoms with Crippen molar-refractivity contribution in [3.8, 4) is 5.69 Å². The summed E-state index contributed by atoms with van der Waals surface area (Å²) in [5.41, 5.74) is 3.70. The molecular weight excluding hydrogens is 234 g/mol. The number of hydrogen-bond donors (Lipinski definition) is 1. The summed E-state index contributed by atoms with van der Waals surface area (Å²) in [7, 11) is 0. The smallest absolute Gasteiger partial charge is 0.0659 e. The van der Waals surface area contributed by atoms with Crippen molar-refractivity contribution in [2.24, 2.45) is 0 Å². The fraction of sp³-hybridized carbons (Fsp3) is 0.438. The van der Waals surface area contributed by atoms with Crippen molar-refractivity contribution in [2.45, 2.75) is 38.6 Å². The van der Waals surface area contributed by atoms with E-state index >= 15 is 0 Å². The molecule has 0 radical (unpaired) electrons. The van der Waals surface area contributed by atoms with E-state index in [1.807, 2.05) is 4.68 Å². The zero-order chi connectivity index (χ0) is 13.2. The number of rotatable bonds is 5. The Morgan fingerprint density at radius 2 is 2.00 bits per heavy atom. The summed E-state index contributed by atoms with van der Waals surface area (Å²) in [6.45, 7) is 5.32. The lowest BCUT2D eigenvalue weighted by Gasteiger charge is -2.13. The molecule has 19 heavy (non-hydrogen) atoms. The fourth-order valence-electron chi connectivity index (χ4n) is 2.42. The summed E-state index contributed by atoms with van der Waals surface area (Å²) in [6.07, 6.45) is 4.67. The number of nitrogens with zero attached hydrogens (tertiary/aromatic N) is 2. The van der Waals surface area contributed by atoms with Crippen LogP contribution in [0.1, 0.15) is 49.9 Å². The molecule has 1 N–H and O–H groups in total. The summed E-state index contributed by atoms with van der Waals surface area (Å²) >= 11 is 0. The van der Waals surface area contributed by atoms with E-state index in [1.54, 1.807) is 0 Å². The molecule has 1 aromatic carbocycles. The highest BCUT2D eigenvalue weighted by atomic mass is 15.3. The molecule has 100 valence electrons. The second-order valence-corrected chi connectivity index (χ2v) is 5.33. The third-order valence-electron chi connectivity index (χ3n) is 3.77. The van der Waals surface area contributed by atoms with Gasteiger partial charge >= 0.3 is 0 Å². The molecule has 0 aliphatic heterocycles. The molecule has 1 saturated carbocycles. The Morgan fingerprint density at radius 3 is 2.63 bits per heavy atom. The van der Waals surface area contributed by atoms with E-state index in [9.17, 15) is 0 Å². The van der Waals surface area contributed by atoms with Crippen molar-refractivity contribution in [1.82, 2.24) is 15.1 Å². The molecule has 2 aromatic rings. The largest absolute Gasteiger partial charge is 0.310 e. The van der Waals surface area contributed by atoms with Crippen LogP contribution >= 0.6 is 0 Å². The zero-order valence-electron chi connectivity index (χ0n) is 11.6. The highest BCUT2D eigenvalue weighted by Gasteiger charge is 2.25. The lowest BCUT2D eigenvalue weighted by atomic mass is 10.1. The second kappa shape index (κ2) is 5.17. The summed E-state index contributed by atoms with van der Waals surface area (Å²) in [4.78, 5) is 0. The number of hydrogen-bond acceptors (Lipinski definition) is 2. The van der Waals surface area contributed by atoms with Gasteiger partial charge in [0.25, 0.3) is 0 Å². The van der Waals surface area contributed by atoms with Gasteiger partial charge < -0.3 is 5.32 Å². The number of nitrogens with one attached hydrogen (secondary N) is 1. The molecule has 1 aliphatic carbocycles. The van der Waals surface area contributed by atoms with E-state index in [4.69, 9.17) is 0 Å². The molecule has 3 heteroatoms. The Morgan fingerprint density at radius 1 is 1.26 bits per heavy atom. The third kappa shape index (κ3) is 2.71. The van der Waals surface area contributed by atoms with Crippen molar-refractivity contribution < 1.29 is 0 Å². The van der Waals surface area contributed by atoms with Crippen LogP contribution in [0.15, 0.2) is 36.5 Å². The van der Waals surface area contributed by atoms with Crippen molar-refractivity contribution in [3.63, 3.8) is 0 Å². The Balaban J connectivity index is 1.77. The second-order valence-electron chi connectivity index (χ2n) is 5.33. The van der Waals surface area contributed by atoms with E-state index in [0.717, 1.165) is 12.2 Å². The minimum Gasteiger partial charge on any atom is -0.310 e. The topological polar surface area (TPSA) is 29.9 Å². The minimum atomic E-state index is 0.402. The van der Waals surface area contributed by atoms with E-state index in [1.165, 1.54) is 24.1 Å². The van der Waals surface area contributed by atoms with Crippen LogP contribution in [0.5, 0.6) is 0 Å². The predicted octanol–water partition coefficient (Wildman–Crippen LogP) is 3.42. The molecule has 1 unspecified atom stereocenters. The molecule has 0 saturated heterocycles. The summed E-state index contributed by atoms with van der Waals surface area (Å²) < 4.78 is 1.98. The van der Waals surface area contributed by atoms with E-state index < -0.39 is 0 Å². The van der Waals surface area contributed by atoms with Gasteiger partial charge in [0.15, 0.2) is 0 Å². The third-order valence-corrected chi connectivity index (χ3v) is 3.77. The van der Waals surface area contributed by atoms with Crippen molar-refractivity contribution in [3.05, 3.63) is 47.8 Å². The van der Waals surface area contributed by atoms with Crippen LogP contribution in [-0.2, 0) is 0 Å². The SMILES string of the molecule is CCNC(C)c1ccc(-n2ccc(C3CC3)n2)cc1. The van der Waals surface area contributed by atoms with Crippen LogP contribution in [-0.4, -0.2) is 16.3 Å². The van der Waals surface area contributed by atoms with Gasteiger partial charge in [-0.25, -0.2) is 4.68 Å². The van der Waals surface area contributed by atoms with Gasteiger partial charge in [-0.05, 0) is 50.1 Å². The molecule has 1 aromatic heterocycles. The first kappa shape index (κ1) is 12.4. The van der Waals surface area contributed by atoms with Gasteiger partial charge in [-0.2, -0.15) is 5.10 Å². The zero-order valence-corrected chi connectivity index (χ0v) is 11.6. The van der Waals surface area contributed by atoms with Crippen molar-refractivity contribution >= 4 is 0 Å².